The van der Waals surface area contributed by atoms with Crippen molar-refractivity contribution in [3.8, 4) is 0 Å². The molecular formula is C14H21NS. The lowest BCUT2D eigenvalue weighted by Gasteiger charge is -2.13. The molecule has 2 heteroatoms. The average Bonchev–Trinajstić information content (AvgIpc) is 2.25. The van der Waals surface area contributed by atoms with Gasteiger partial charge < -0.3 is 5.32 Å². The molecule has 1 rings (SSSR count). The zero-order chi connectivity index (χ0) is 12.0. The first-order valence-electron chi connectivity index (χ1n) is 5.64. The first kappa shape index (κ1) is 13.3. The van der Waals surface area contributed by atoms with Crippen LogP contribution in [0.1, 0.15) is 19.4 Å². The van der Waals surface area contributed by atoms with E-state index in [0.717, 1.165) is 5.75 Å². The topological polar surface area (TPSA) is 12.0 Å². The molecular weight excluding hydrogens is 214 g/mol. The van der Waals surface area contributed by atoms with Gasteiger partial charge in [-0.15, -0.1) is 11.8 Å². The largest absolute Gasteiger partial charge is 0.313 e. The Hall–Kier alpha value is -0.730. The summed E-state index contributed by atoms with van der Waals surface area (Å²) < 4.78 is 0. The molecule has 0 heterocycles. The van der Waals surface area contributed by atoms with E-state index < -0.39 is 0 Å². The van der Waals surface area contributed by atoms with Crippen LogP contribution in [0.4, 0.5) is 0 Å². The van der Waals surface area contributed by atoms with Crippen molar-refractivity contribution < 1.29 is 0 Å². The van der Waals surface area contributed by atoms with Crippen LogP contribution in [-0.4, -0.2) is 18.8 Å². The van der Waals surface area contributed by atoms with E-state index in [1.165, 1.54) is 16.0 Å². The molecule has 1 atom stereocenters. The lowest BCUT2D eigenvalue weighted by atomic mass is 10.2. The molecule has 0 fully saturated rings. The third-order valence-corrected chi connectivity index (χ3v) is 3.71. The number of hydrogen-bond donors (Lipinski definition) is 1. The van der Waals surface area contributed by atoms with Crippen molar-refractivity contribution >= 4 is 11.8 Å². The first-order valence-corrected chi connectivity index (χ1v) is 6.62. The highest BCUT2D eigenvalue weighted by Crippen LogP contribution is 2.22. The van der Waals surface area contributed by atoms with Crippen LogP contribution in [0, 0.1) is 6.92 Å². The average molecular weight is 235 g/mol. The molecule has 1 N–H and O–H groups in total. The molecule has 0 aliphatic carbocycles. The number of benzene rings is 1. The standard InChI is InChI=1S/C14H21NS/c1-11(2)9-13(15-4)10-16-14-8-6-5-7-12(14)3/h5-9,13,15H,10H2,1-4H3. The van der Waals surface area contributed by atoms with Gasteiger partial charge in [0.15, 0.2) is 0 Å². The summed E-state index contributed by atoms with van der Waals surface area (Å²) in [6, 6.07) is 9.00. The molecule has 1 aromatic rings. The molecule has 0 aromatic heterocycles. The second-order valence-corrected chi connectivity index (χ2v) is 5.28. The van der Waals surface area contributed by atoms with Gasteiger partial charge in [0.2, 0.25) is 0 Å². The van der Waals surface area contributed by atoms with Crippen molar-refractivity contribution in [2.75, 3.05) is 12.8 Å². The minimum absolute atomic E-state index is 0.453. The van der Waals surface area contributed by atoms with Gasteiger partial charge in [0.1, 0.15) is 0 Å². The van der Waals surface area contributed by atoms with Crippen LogP contribution < -0.4 is 5.32 Å². The van der Waals surface area contributed by atoms with Crippen LogP contribution in [0.5, 0.6) is 0 Å². The van der Waals surface area contributed by atoms with E-state index in [4.69, 9.17) is 0 Å². The highest BCUT2D eigenvalue weighted by molar-refractivity contribution is 7.99. The predicted octanol–water partition coefficient (Wildman–Crippen LogP) is 3.64. The van der Waals surface area contributed by atoms with Crippen molar-refractivity contribution in [1.29, 1.82) is 0 Å². The number of allylic oxidation sites excluding steroid dienone is 1. The monoisotopic (exact) mass is 235 g/mol. The molecule has 0 spiro atoms. The third-order valence-electron chi connectivity index (χ3n) is 2.42. The van der Waals surface area contributed by atoms with Crippen molar-refractivity contribution in [2.45, 2.75) is 31.7 Å². The Morgan fingerprint density at radius 1 is 1.38 bits per heavy atom. The minimum Gasteiger partial charge on any atom is -0.313 e. The Labute approximate surface area is 103 Å². The minimum atomic E-state index is 0.453. The molecule has 16 heavy (non-hydrogen) atoms. The van der Waals surface area contributed by atoms with Gasteiger partial charge in [0.25, 0.3) is 0 Å². The number of aryl methyl sites for hydroxylation is 1. The zero-order valence-corrected chi connectivity index (χ0v) is 11.4. The van der Waals surface area contributed by atoms with Gasteiger partial charge in [-0.25, -0.2) is 0 Å². The van der Waals surface area contributed by atoms with E-state index in [9.17, 15) is 0 Å². The molecule has 0 saturated carbocycles. The van der Waals surface area contributed by atoms with Crippen LogP contribution in [0.2, 0.25) is 0 Å². The molecule has 0 aliphatic heterocycles. The summed E-state index contributed by atoms with van der Waals surface area (Å²) >= 11 is 1.91. The molecule has 1 aromatic carbocycles. The summed E-state index contributed by atoms with van der Waals surface area (Å²) in [5.74, 6) is 1.08. The smallest absolute Gasteiger partial charge is 0.0344 e. The fraction of sp³-hybridized carbons (Fsp3) is 0.429. The Balaban J connectivity index is 2.56. The van der Waals surface area contributed by atoms with E-state index in [-0.39, 0.29) is 0 Å². The highest BCUT2D eigenvalue weighted by Gasteiger charge is 2.04. The van der Waals surface area contributed by atoms with E-state index in [1.807, 2.05) is 18.8 Å². The Bertz CT molecular complexity index is 354. The molecule has 0 saturated heterocycles. The summed E-state index contributed by atoms with van der Waals surface area (Å²) in [5, 5.41) is 3.33. The van der Waals surface area contributed by atoms with Gasteiger partial charge in [0.05, 0.1) is 0 Å². The van der Waals surface area contributed by atoms with Crippen molar-refractivity contribution in [2.24, 2.45) is 0 Å². The number of rotatable bonds is 5. The second kappa shape index (κ2) is 6.77. The van der Waals surface area contributed by atoms with Gasteiger partial charge in [0, 0.05) is 16.7 Å². The lowest BCUT2D eigenvalue weighted by Crippen LogP contribution is -2.25. The van der Waals surface area contributed by atoms with Gasteiger partial charge >= 0.3 is 0 Å². The normalized spacial score (nSPS) is 12.2. The quantitative estimate of drug-likeness (QED) is 0.617. The van der Waals surface area contributed by atoms with Crippen LogP contribution in [0.25, 0.3) is 0 Å². The Kier molecular flexibility index (Phi) is 5.64. The maximum absolute atomic E-state index is 3.33. The first-order chi connectivity index (χ1) is 7.63. The second-order valence-electron chi connectivity index (χ2n) is 4.22. The number of hydrogen-bond acceptors (Lipinski definition) is 2. The van der Waals surface area contributed by atoms with Gasteiger partial charge in [-0.2, -0.15) is 0 Å². The number of thioether (sulfide) groups is 1. The highest BCUT2D eigenvalue weighted by atomic mass is 32.2. The SMILES string of the molecule is CNC(C=C(C)C)CSc1ccccc1C. The van der Waals surface area contributed by atoms with Crippen LogP contribution in [0.3, 0.4) is 0 Å². The van der Waals surface area contributed by atoms with Crippen molar-refractivity contribution in [3.05, 3.63) is 41.5 Å². The van der Waals surface area contributed by atoms with Gasteiger partial charge in [-0.3, -0.25) is 0 Å². The number of nitrogens with one attached hydrogen (secondary N) is 1. The van der Waals surface area contributed by atoms with E-state index >= 15 is 0 Å². The van der Waals surface area contributed by atoms with Gasteiger partial charge in [-0.1, -0.05) is 29.8 Å². The maximum atomic E-state index is 3.33. The zero-order valence-electron chi connectivity index (χ0n) is 10.6. The maximum Gasteiger partial charge on any atom is 0.0344 e. The Morgan fingerprint density at radius 2 is 2.06 bits per heavy atom. The molecule has 0 amide bonds. The predicted molar refractivity (Wildman–Crippen MR) is 74.2 cm³/mol. The molecule has 0 aliphatic rings. The molecule has 0 radical (unpaired) electrons. The Morgan fingerprint density at radius 3 is 2.62 bits per heavy atom. The third kappa shape index (κ3) is 4.42. The summed E-state index contributed by atoms with van der Waals surface area (Å²) in [5.41, 5.74) is 2.73. The van der Waals surface area contributed by atoms with Gasteiger partial charge in [-0.05, 0) is 39.4 Å². The van der Waals surface area contributed by atoms with Crippen LogP contribution in [-0.2, 0) is 0 Å². The summed E-state index contributed by atoms with van der Waals surface area (Å²) in [6.07, 6.45) is 2.28. The lowest BCUT2D eigenvalue weighted by molar-refractivity contribution is 0.733. The molecule has 1 unspecified atom stereocenters. The van der Waals surface area contributed by atoms with E-state index in [2.05, 4.69) is 56.4 Å². The van der Waals surface area contributed by atoms with Crippen molar-refractivity contribution in [3.63, 3.8) is 0 Å². The molecule has 88 valence electrons. The van der Waals surface area contributed by atoms with E-state index in [1.54, 1.807) is 0 Å². The summed E-state index contributed by atoms with van der Waals surface area (Å²) in [7, 11) is 2.02. The fourth-order valence-electron chi connectivity index (χ4n) is 1.52. The van der Waals surface area contributed by atoms with Crippen molar-refractivity contribution in [1.82, 2.24) is 5.32 Å². The molecule has 1 nitrogen and oxygen atoms in total. The van der Waals surface area contributed by atoms with E-state index in [0.29, 0.717) is 6.04 Å². The number of likely N-dealkylation sites (N-methyl/N-ethyl adjacent to an activating group) is 1. The van der Waals surface area contributed by atoms with Crippen LogP contribution in [0.15, 0.2) is 40.8 Å². The fourth-order valence-corrected chi connectivity index (χ4v) is 2.61. The summed E-state index contributed by atoms with van der Waals surface area (Å²) in [6.45, 7) is 6.45. The van der Waals surface area contributed by atoms with Crippen LogP contribution >= 0.6 is 11.8 Å². The summed E-state index contributed by atoms with van der Waals surface area (Å²) in [4.78, 5) is 1.38. The molecule has 0 bridgehead atoms.